The highest BCUT2D eigenvalue weighted by molar-refractivity contribution is 7.14. The number of hydrogen-bond acceptors (Lipinski definition) is 4. The minimum Gasteiger partial charge on any atom is -0.469 e. The van der Waals surface area contributed by atoms with E-state index in [0.717, 1.165) is 0 Å². The van der Waals surface area contributed by atoms with Crippen LogP contribution < -0.4 is 4.90 Å². The van der Waals surface area contributed by atoms with Crippen molar-refractivity contribution in [2.24, 2.45) is 11.8 Å². The number of carbonyl (C=O) groups excluding carboxylic acids is 1. The smallest absolute Gasteiger partial charge is 0.310 e. The van der Waals surface area contributed by atoms with Gasteiger partial charge in [0, 0.05) is 13.6 Å². The number of hydrogen-bond donors (Lipinski definition) is 0. The molecule has 1 aromatic rings. The lowest BCUT2D eigenvalue weighted by Crippen LogP contribution is -2.34. The Labute approximate surface area is 101 Å². The summed E-state index contributed by atoms with van der Waals surface area (Å²) in [7, 11) is 3.45. The molecule has 0 N–H and O–H groups in total. The van der Waals surface area contributed by atoms with E-state index in [0.29, 0.717) is 6.54 Å². The van der Waals surface area contributed by atoms with Crippen LogP contribution in [0.3, 0.4) is 0 Å². The van der Waals surface area contributed by atoms with Gasteiger partial charge in [-0.1, -0.05) is 13.8 Å². The molecule has 1 aromatic heterocycles. The Bertz CT molecular complexity index is 322. The van der Waals surface area contributed by atoms with Crippen molar-refractivity contribution in [2.45, 2.75) is 13.8 Å². The van der Waals surface area contributed by atoms with Crippen LogP contribution >= 0.6 is 11.3 Å². The van der Waals surface area contributed by atoms with E-state index in [1.54, 1.807) is 11.3 Å². The summed E-state index contributed by atoms with van der Waals surface area (Å²) in [6, 6.07) is 4.07. The lowest BCUT2D eigenvalue weighted by Gasteiger charge is -2.25. The van der Waals surface area contributed by atoms with Gasteiger partial charge < -0.3 is 9.64 Å². The fourth-order valence-electron chi connectivity index (χ4n) is 1.58. The topological polar surface area (TPSA) is 29.5 Å². The molecule has 0 aromatic carbocycles. The van der Waals surface area contributed by atoms with Crippen molar-refractivity contribution >= 4 is 22.3 Å². The molecule has 0 saturated carbocycles. The molecule has 1 rings (SSSR count). The predicted molar refractivity (Wildman–Crippen MR) is 67.9 cm³/mol. The van der Waals surface area contributed by atoms with E-state index in [-0.39, 0.29) is 17.8 Å². The molecule has 0 fully saturated rings. The van der Waals surface area contributed by atoms with Gasteiger partial charge in [-0.05, 0) is 23.4 Å². The zero-order valence-electron chi connectivity index (χ0n) is 10.3. The third-order valence-corrected chi connectivity index (χ3v) is 3.64. The van der Waals surface area contributed by atoms with E-state index in [4.69, 9.17) is 4.74 Å². The first-order valence-corrected chi connectivity index (χ1v) is 6.26. The quantitative estimate of drug-likeness (QED) is 0.742. The van der Waals surface area contributed by atoms with Crippen LogP contribution in [0, 0.1) is 11.8 Å². The van der Waals surface area contributed by atoms with Gasteiger partial charge >= 0.3 is 5.97 Å². The minimum absolute atomic E-state index is 0.0721. The fourth-order valence-corrected chi connectivity index (χ4v) is 2.29. The molecule has 1 atom stereocenters. The summed E-state index contributed by atoms with van der Waals surface area (Å²) in [5.41, 5.74) is 0. The number of esters is 1. The summed E-state index contributed by atoms with van der Waals surface area (Å²) in [6.45, 7) is 4.79. The standard InChI is InChI=1S/C12H19NO2S/c1-9(2)10(12(14)15-4)8-13(3)11-6-5-7-16-11/h5-7,9-10H,8H2,1-4H3. The minimum atomic E-state index is -0.126. The summed E-state index contributed by atoms with van der Waals surface area (Å²) >= 11 is 1.68. The van der Waals surface area contributed by atoms with Gasteiger partial charge in [-0.15, -0.1) is 11.3 Å². The predicted octanol–water partition coefficient (Wildman–Crippen LogP) is 2.63. The van der Waals surface area contributed by atoms with Gasteiger partial charge in [0.15, 0.2) is 0 Å². The highest BCUT2D eigenvalue weighted by atomic mass is 32.1. The van der Waals surface area contributed by atoms with E-state index in [1.807, 2.05) is 32.3 Å². The summed E-state index contributed by atoms with van der Waals surface area (Å²) in [5, 5.41) is 3.21. The van der Waals surface area contributed by atoms with Crippen LogP contribution in [0.1, 0.15) is 13.8 Å². The monoisotopic (exact) mass is 241 g/mol. The molecule has 4 heteroatoms. The van der Waals surface area contributed by atoms with Gasteiger partial charge in [0.25, 0.3) is 0 Å². The molecule has 1 unspecified atom stereocenters. The van der Waals surface area contributed by atoms with Gasteiger partial charge in [0.1, 0.15) is 0 Å². The van der Waals surface area contributed by atoms with Crippen molar-refractivity contribution < 1.29 is 9.53 Å². The van der Waals surface area contributed by atoms with Crippen molar-refractivity contribution in [1.82, 2.24) is 0 Å². The molecule has 0 amide bonds. The SMILES string of the molecule is COC(=O)C(CN(C)c1cccs1)C(C)C. The summed E-state index contributed by atoms with van der Waals surface area (Å²) in [5.74, 6) is 0.0883. The highest BCUT2D eigenvalue weighted by Gasteiger charge is 2.24. The van der Waals surface area contributed by atoms with Crippen molar-refractivity contribution in [3.63, 3.8) is 0 Å². The Morgan fingerprint density at radius 1 is 1.56 bits per heavy atom. The summed E-state index contributed by atoms with van der Waals surface area (Å²) in [6.07, 6.45) is 0. The van der Waals surface area contributed by atoms with Crippen molar-refractivity contribution in [2.75, 3.05) is 25.6 Å². The Kier molecular flexibility index (Phi) is 4.80. The Morgan fingerprint density at radius 3 is 2.69 bits per heavy atom. The van der Waals surface area contributed by atoms with Crippen LogP contribution in [-0.4, -0.2) is 26.7 Å². The summed E-state index contributed by atoms with van der Waals surface area (Å²) in [4.78, 5) is 13.7. The van der Waals surface area contributed by atoms with Crippen LogP contribution in [-0.2, 0) is 9.53 Å². The fraction of sp³-hybridized carbons (Fsp3) is 0.583. The van der Waals surface area contributed by atoms with Crippen molar-refractivity contribution in [3.8, 4) is 0 Å². The molecule has 0 spiro atoms. The number of ether oxygens (including phenoxy) is 1. The van der Waals surface area contributed by atoms with Crippen LogP contribution in [0.5, 0.6) is 0 Å². The van der Waals surface area contributed by atoms with E-state index < -0.39 is 0 Å². The lowest BCUT2D eigenvalue weighted by atomic mass is 9.95. The zero-order valence-corrected chi connectivity index (χ0v) is 11.1. The van der Waals surface area contributed by atoms with Gasteiger partial charge in [-0.25, -0.2) is 0 Å². The first-order chi connectivity index (χ1) is 7.56. The molecular formula is C12H19NO2S. The van der Waals surface area contributed by atoms with Gasteiger partial charge in [0.2, 0.25) is 0 Å². The van der Waals surface area contributed by atoms with Crippen LogP contribution in [0.25, 0.3) is 0 Å². The number of thiophene rings is 1. The molecule has 16 heavy (non-hydrogen) atoms. The maximum Gasteiger partial charge on any atom is 0.310 e. The average molecular weight is 241 g/mol. The maximum absolute atomic E-state index is 11.6. The number of carbonyl (C=O) groups is 1. The molecule has 0 bridgehead atoms. The zero-order chi connectivity index (χ0) is 12.1. The van der Waals surface area contributed by atoms with Crippen LogP contribution in [0.4, 0.5) is 5.00 Å². The van der Waals surface area contributed by atoms with E-state index in [9.17, 15) is 4.79 Å². The lowest BCUT2D eigenvalue weighted by molar-refractivity contribution is -0.146. The van der Waals surface area contributed by atoms with Crippen molar-refractivity contribution in [3.05, 3.63) is 17.5 Å². The van der Waals surface area contributed by atoms with E-state index in [1.165, 1.54) is 12.1 Å². The molecule has 0 aliphatic carbocycles. The second kappa shape index (κ2) is 5.89. The molecule has 0 aliphatic rings. The van der Waals surface area contributed by atoms with E-state index in [2.05, 4.69) is 11.0 Å². The molecule has 0 aliphatic heterocycles. The highest BCUT2D eigenvalue weighted by Crippen LogP contribution is 2.23. The molecule has 0 saturated heterocycles. The van der Waals surface area contributed by atoms with Gasteiger partial charge in [-0.2, -0.15) is 0 Å². The third-order valence-electron chi connectivity index (χ3n) is 2.66. The first kappa shape index (κ1) is 13.0. The number of methoxy groups -OCH3 is 1. The molecule has 90 valence electrons. The largest absolute Gasteiger partial charge is 0.469 e. The van der Waals surface area contributed by atoms with Gasteiger partial charge in [0.05, 0.1) is 18.0 Å². The Balaban J connectivity index is 2.65. The van der Waals surface area contributed by atoms with Crippen LogP contribution in [0.2, 0.25) is 0 Å². The molecule has 3 nitrogen and oxygen atoms in total. The average Bonchev–Trinajstić information content (AvgIpc) is 2.77. The Hall–Kier alpha value is -1.03. The van der Waals surface area contributed by atoms with E-state index >= 15 is 0 Å². The van der Waals surface area contributed by atoms with Crippen molar-refractivity contribution in [1.29, 1.82) is 0 Å². The second-order valence-corrected chi connectivity index (χ2v) is 5.13. The maximum atomic E-state index is 11.6. The number of rotatable bonds is 5. The van der Waals surface area contributed by atoms with Crippen LogP contribution in [0.15, 0.2) is 17.5 Å². The second-order valence-electron chi connectivity index (χ2n) is 4.21. The third kappa shape index (κ3) is 3.23. The number of nitrogens with zero attached hydrogens (tertiary/aromatic N) is 1. The van der Waals surface area contributed by atoms with Gasteiger partial charge in [-0.3, -0.25) is 4.79 Å². The normalized spacial score (nSPS) is 12.6. The molecular weight excluding hydrogens is 222 g/mol. The molecule has 1 heterocycles. The molecule has 0 radical (unpaired) electrons. The number of anilines is 1. The summed E-state index contributed by atoms with van der Waals surface area (Å²) < 4.78 is 4.83. The first-order valence-electron chi connectivity index (χ1n) is 5.38. The Morgan fingerprint density at radius 2 is 2.25 bits per heavy atom.